The first-order valence-electron chi connectivity index (χ1n) is 8.53. The number of rotatable bonds is 2. The Morgan fingerprint density at radius 2 is 1.52 bits per heavy atom. The van der Waals surface area contributed by atoms with E-state index in [4.69, 9.17) is 4.98 Å². The molecule has 3 nitrogen and oxygen atoms in total. The highest BCUT2D eigenvalue weighted by molar-refractivity contribution is 5.82. The molecule has 0 unspecified atom stereocenters. The van der Waals surface area contributed by atoms with Gasteiger partial charge in [0.15, 0.2) is 0 Å². The Labute approximate surface area is 137 Å². The lowest BCUT2D eigenvalue weighted by Crippen LogP contribution is -2.31. The number of benzene rings is 2. The van der Waals surface area contributed by atoms with E-state index in [0.29, 0.717) is 0 Å². The number of hydrogen-bond acceptors (Lipinski definition) is 2. The molecule has 1 aliphatic heterocycles. The van der Waals surface area contributed by atoms with E-state index in [9.17, 15) is 0 Å². The van der Waals surface area contributed by atoms with Gasteiger partial charge in [0, 0.05) is 18.8 Å². The van der Waals surface area contributed by atoms with Crippen molar-refractivity contribution in [3.8, 4) is 5.69 Å². The molecule has 0 amide bonds. The molecule has 1 fully saturated rings. The Balaban J connectivity index is 1.93. The van der Waals surface area contributed by atoms with Crippen LogP contribution in [-0.2, 0) is 0 Å². The van der Waals surface area contributed by atoms with Gasteiger partial charge in [0.1, 0.15) is 0 Å². The van der Waals surface area contributed by atoms with Gasteiger partial charge in [-0.2, -0.15) is 0 Å². The van der Waals surface area contributed by atoms with Crippen molar-refractivity contribution in [3.63, 3.8) is 0 Å². The summed E-state index contributed by atoms with van der Waals surface area (Å²) in [6.07, 6.45) is 3.85. The van der Waals surface area contributed by atoms with Gasteiger partial charge in [-0.25, -0.2) is 4.98 Å². The predicted octanol–water partition coefficient (Wildman–Crippen LogP) is 4.63. The third-order valence-corrected chi connectivity index (χ3v) is 4.72. The molecular formula is C20H23N3. The molecule has 4 rings (SSSR count). The second kappa shape index (κ2) is 5.73. The molecule has 0 bridgehead atoms. The Bertz CT molecular complexity index is 824. The third-order valence-electron chi connectivity index (χ3n) is 4.72. The van der Waals surface area contributed by atoms with Crippen LogP contribution in [0.4, 0.5) is 5.95 Å². The molecule has 118 valence electrons. The smallest absolute Gasteiger partial charge is 0.211 e. The number of fused-ring (bicyclic) bond motifs is 1. The third kappa shape index (κ3) is 2.61. The first-order chi connectivity index (χ1) is 11.2. The van der Waals surface area contributed by atoms with Crippen molar-refractivity contribution >= 4 is 17.0 Å². The molecular weight excluding hydrogens is 282 g/mol. The average molecular weight is 305 g/mol. The molecule has 0 spiro atoms. The second-order valence-corrected chi connectivity index (χ2v) is 6.62. The second-order valence-electron chi connectivity index (χ2n) is 6.62. The standard InChI is InChI=1S/C20H23N3/c1-15-6-9-17(10-7-15)23-19-14-16(2)8-11-18(19)21-20(23)22-12-4-3-5-13-22/h6-11,14H,3-5,12-13H2,1-2H3. The van der Waals surface area contributed by atoms with Crippen LogP contribution < -0.4 is 4.90 Å². The summed E-state index contributed by atoms with van der Waals surface area (Å²) in [5, 5.41) is 0. The van der Waals surface area contributed by atoms with Gasteiger partial charge < -0.3 is 4.90 Å². The van der Waals surface area contributed by atoms with Crippen LogP contribution >= 0.6 is 0 Å². The van der Waals surface area contributed by atoms with Crippen molar-refractivity contribution in [1.82, 2.24) is 9.55 Å². The van der Waals surface area contributed by atoms with Crippen molar-refractivity contribution in [2.45, 2.75) is 33.1 Å². The Kier molecular flexibility index (Phi) is 3.56. The fraction of sp³-hybridized carbons (Fsp3) is 0.350. The van der Waals surface area contributed by atoms with E-state index in [2.05, 4.69) is 65.8 Å². The molecule has 1 aromatic heterocycles. The molecule has 0 aliphatic carbocycles. The van der Waals surface area contributed by atoms with Gasteiger partial charge >= 0.3 is 0 Å². The minimum Gasteiger partial charge on any atom is -0.342 e. The van der Waals surface area contributed by atoms with Crippen molar-refractivity contribution in [2.75, 3.05) is 18.0 Å². The van der Waals surface area contributed by atoms with Gasteiger partial charge in [0.25, 0.3) is 0 Å². The lowest BCUT2D eigenvalue weighted by Gasteiger charge is -2.28. The molecule has 3 aromatic rings. The molecule has 0 N–H and O–H groups in total. The highest BCUT2D eigenvalue weighted by Gasteiger charge is 2.20. The van der Waals surface area contributed by atoms with E-state index in [-0.39, 0.29) is 0 Å². The molecule has 1 aliphatic rings. The fourth-order valence-corrected chi connectivity index (χ4v) is 3.43. The maximum Gasteiger partial charge on any atom is 0.211 e. The van der Waals surface area contributed by atoms with Crippen LogP contribution in [0.5, 0.6) is 0 Å². The zero-order chi connectivity index (χ0) is 15.8. The Morgan fingerprint density at radius 1 is 0.826 bits per heavy atom. The van der Waals surface area contributed by atoms with Gasteiger partial charge in [0.05, 0.1) is 11.0 Å². The summed E-state index contributed by atoms with van der Waals surface area (Å²) in [7, 11) is 0. The van der Waals surface area contributed by atoms with E-state index in [0.717, 1.165) is 24.6 Å². The maximum atomic E-state index is 4.97. The van der Waals surface area contributed by atoms with Gasteiger partial charge in [-0.1, -0.05) is 23.8 Å². The number of aromatic nitrogens is 2. The number of imidazole rings is 1. The number of piperidine rings is 1. The molecule has 3 heteroatoms. The van der Waals surface area contributed by atoms with Crippen LogP contribution in [0.15, 0.2) is 42.5 Å². The minimum absolute atomic E-state index is 1.08. The fourth-order valence-electron chi connectivity index (χ4n) is 3.43. The number of aryl methyl sites for hydroxylation is 2. The molecule has 2 heterocycles. The molecule has 2 aromatic carbocycles. The van der Waals surface area contributed by atoms with E-state index in [1.165, 1.54) is 41.6 Å². The van der Waals surface area contributed by atoms with Gasteiger partial charge in [0.2, 0.25) is 5.95 Å². The highest BCUT2D eigenvalue weighted by Crippen LogP contribution is 2.29. The normalized spacial score (nSPS) is 15.3. The van der Waals surface area contributed by atoms with Crippen LogP contribution in [0.1, 0.15) is 30.4 Å². The van der Waals surface area contributed by atoms with Crippen LogP contribution in [0.25, 0.3) is 16.7 Å². The van der Waals surface area contributed by atoms with Gasteiger partial charge in [-0.15, -0.1) is 0 Å². The number of anilines is 1. The summed E-state index contributed by atoms with van der Waals surface area (Å²) in [4.78, 5) is 7.41. The largest absolute Gasteiger partial charge is 0.342 e. The monoisotopic (exact) mass is 305 g/mol. The molecule has 0 atom stereocenters. The first kappa shape index (κ1) is 14.3. The highest BCUT2D eigenvalue weighted by atomic mass is 15.3. The molecule has 0 radical (unpaired) electrons. The van der Waals surface area contributed by atoms with Gasteiger partial charge in [-0.05, 0) is 62.9 Å². The topological polar surface area (TPSA) is 21.1 Å². The lowest BCUT2D eigenvalue weighted by molar-refractivity contribution is 0.567. The molecule has 23 heavy (non-hydrogen) atoms. The number of nitrogens with zero attached hydrogens (tertiary/aromatic N) is 3. The van der Waals surface area contributed by atoms with E-state index in [1.54, 1.807) is 0 Å². The van der Waals surface area contributed by atoms with Crippen LogP contribution in [0.2, 0.25) is 0 Å². The first-order valence-corrected chi connectivity index (χ1v) is 8.53. The van der Waals surface area contributed by atoms with E-state index in [1.807, 2.05) is 0 Å². The maximum absolute atomic E-state index is 4.97. The summed E-state index contributed by atoms with van der Waals surface area (Å²) < 4.78 is 2.33. The zero-order valence-electron chi connectivity index (χ0n) is 13.9. The van der Waals surface area contributed by atoms with E-state index >= 15 is 0 Å². The average Bonchev–Trinajstić information content (AvgIpc) is 2.95. The summed E-state index contributed by atoms with van der Waals surface area (Å²) >= 11 is 0. The summed E-state index contributed by atoms with van der Waals surface area (Å²) in [5.74, 6) is 1.09. The van der Waals surface area contributed by atoms with Crippen molar-refractivity contribution < 1.29 is 0 Å². The van der Waals surface area contributed by atoms with Crippen LogP contribution in [0.3, 0.4) is 0 Å². The van der Waals surface area contributed by atoms with Crippen molar-refractivity contribution in [1.29, 1.82) is 0 Å². The van der Waals surface area contributed by atoms with Crippen molar-refractivity contribution in [3.05, 3.63) is 53.6 Å². The summed E-state index contributed by atoms with van der Waals surface area (Å²) in [6, 6.07) is 15.3. The summed E-state index contributed by atoms with van der Waals surface area (Å²) in [5.41, 5.74) is 6.04. The van der Waals surface area contributed by atoms with Crippen molar-refractivity contribution in [2.24, 2.45) is 0 Å². The SMILES string of the molecule is Cc1ccc(-n2c(N3CCCCC3)nc3ccc(C)cc32)cc1. The predicted molar refractivity (Wildman–Crippen MR) is 96.6 cm³/mol. The van der Waals surface area contributed by atoms with Crippen LogP contribution in [-0.4, -0.2) is 22.6 Å². The molecule has 1 saturated heterocycles. The zero-order valence-corrected chi connectivity index (χ0v) is 13.9. The minimum atomic E-state index is 1.08. The molecule has 0 saturated carbocycles. The Hall–Kier alpha value is -2.29. The summed E-state index contributed by atoms with van der Waals surface area (Å²) in [6.45, 7) is 6.49. The van der Waals surface area contributed by atoms with E-state index < -0.39 is 0 Å². The quantitative estimate of drug-likeness (QED) is 0.688. The lowest BCUT2D eigenvalue weighted by atomic mass is 10.1. The van der Waals surface area contributed by atoms with Crippen LogP contribution in [0, 0.1) is 13.8 Å². The van der Waals surface area contributed by atoms with Gasteiger partial charge in [-0.3, -0.25) is 4.57 Å². The Morgan fingerprint density at radius 3 is 2.26 bits per heavy atom. The number of hydrogen-bond donors (Lipinski definition) is 0.